The van der Waals surface area contributed by atoms with Crippen molar-refractivity contribution >= 4 is 40.8 Å². The van der Waals surface area contributed by atoms with E-state index in [0.29, 0.717) is 10.1 Å². The van der Waals surface area contributed by atoms with Crippen LogP contribution in [0.4, 0.5) is 5.69 Å². The number of aryl methyl sites for hydroxylation is 1. The molecule has 0 bridgehead atoms. The Labute approximate surface area is 128 Å². The molecule has 0 heterocycles. The average molecular weight is 304 g/mol. The Morgan fingerprint density at radius 1 is 1.10 bits per heavy atom. The van der Waals surface area contributed by atoms with Gasteiger partial charge in [0.25, 0.3) is 0 Å². The number of halogens is 1. The van der Waals surface area contributed by atoms with Crippen molar-refractivity contribution in [1.82, 2.24) is 5.43 Å². The number of benzene rings is 2. The molecule has 2 N–H and O–H groups in total. The van der Waals surface area contributed by atoms with Crippen molar-refractivity contribution in [1.29, 1.82) is 0 Å². The molecule has 0 aliphatic rings. The molecule has 0 spiro atoms. The van der Waals surface area contributed by atoms with Crippen LogP contribution in [-0.2, 0) is 0 Å². The molecule has 2 rings (SSSR count). The molecule has 0 aromatic heterocycles. The molecular weight excluding hydrogens is 290 g/mol. The summed E-state index contributed by atoms with van der Waals surface area (Å²) in [5.41, 5.74) is 5.84. The summed E-state index contributed by atoms with van der Waals surface area (Å²) in [6.07, 6.45) is 1.68. The van der Waals surface area contributed by atoms with Gasteiger partial charge in [-0.05, 0) is 49.0 Å². The number of thiocarbonyl (C=S) groups is 1. The summed E-state index contributed by atoms with van der Waals surface area (Å²) in [5.74, 6) is 0. The van der Waals surface area contributed by atoms with Crippen LogP contribution in [0.25, 0.3) is 0 Å². The van der Waals surface area contributed by atoms with Crippen molar-refractivity contribution in [2.24, 2.45) is 5.10 Å². The number of hydrazone groups is 1. The minimum Gasteiger partial charge on any atom is -0.331 e. The first-order valence-corrected chi connectivity index (χ1v) is 6.84. The average Bonchev–Trinajstić information content (AvgIpc) is 2.44. The predicted octanol–water partition coefficient (Wildman–Crippen LogP) is 3.97. The molecule has 0 atom stereocenters. The normalized spacial score (nSPS) is 10.5. The van der Waals surface area contributed by atoms with Gasteiger partial charge in [0.15, 0.2) is 5.11 Å². The first-order valence-electron chi connectivity index (χ1n) is 6.06. The zero-order chi connectivity index (χ0) is 14.4. The molecule has 0 fully saturated rings. The van der Waals surface area contributed by atoms with Crippen molar-refractivity contribution in [3.8, 4) is 0 Å². The number of nitrogens with zero attached hydrogens (tertiary/aromatic N) is 1. The highest BCUT2D eigenvalue weighted by molar-refractivity contribution is 7.80. The maximum absolute atomic E-state index is 5.81. The van der Waals surface area contributed by atoms with E-state index in [1.165, 1.54) is 5.56 Å². The SMILES string of the molecule is Cc1ccc(NC(=S)NN=Cc2ccc(Cl)cc2)cc1. The molecule has 5 heteroatoms. The van der Waals surface area contributed by atoms with Crippen LogP contribution in [0.3, 0.4) is 0 Å². The van der Waals surface area contributed by atoms with Gasteiger partial charge in [-0.2, -0.15) is 5.10 Å². The third kappa shape index (κ3) is 4.64. The van der Waals surface area contributed by atoms with Crippen molar-refractivity contribution in [3.63, 3.8) is 0 Å². The number of nitrogens with one attached hydrogen (secondary N) is 2. The van der Waals surface area contributed by atoms with Crippen molar-refractivity contribution < 1.29 is 0 Å². The lowest BCUT2D eigenvalue weighted by molar-refractivity contribution is 1.05. The maximum Gasteiger partial charge on any atom is 0.191 e. The summed E-state index contributed by atoms with van der Waals surface area (Å²) in [4.78, 5) is 0. The fraction of sp³-hybridized carbons (Fsp3) is 0.0667. The van der Waals surface area contributed by atoms with Crippen molar-refractivity contribution in [2.45, 2.75) is 6.92 Å². The fourth-order valence-corrected chi connectivity index (χ4v) is 1.81. The summed E-state index contributed by atoms with van der Waals surface area (Å²) >= 11 is 11.0. The Morgan fingerprint density at radius 3 is 2.40 bits per heavy atom. The van der Waals surface area contributed by atoms with Crippen molar-refractivity contribution in [3.05, 3.63) is 64.7 Å². The van der Waals surface area contributed by atoms with Gasteiger partial charge in [0.1, 0.15) is 0 Å². The van der Waals surface area contributed by atoms with Gasteiger partial charge in [-0.1, -0.05) is 41.4 Å². The number of hydrogen-bond acceptors (Lipinski definition) is 2. The standard InChI is InChI=1S/C15H14ClN3S/c1-11-2-8-14(9-3-11)18-15(20)19-17-10-12-4-6-13(16)7-5-12/h2-10H,1H3,(H2,18,19,20). The molecule has 2 aromatic carbocycles. The lowest BCUT2D eigenvalue weighted by Gasteiger charge is -2.06. The van der Waals surface area contributed by atoms with E-state index >= 15 is 0 Å². The second kappa shape index (κ2) is 7.03. The van der Waals surface area contributed by atoms with Crippen LogP contribution in [0.15, 0.2) is 53.6 Å². The third-order valence-corrected chi connectivity index (χ3v) is 3.00. The fourth-order valence-electron chi connectivity index (χ4n) is 1.51. The van der Waals surface area contributed by atoms with E-state index in [4.69, 9.17) is 23.8 Å². The zero-order valence-electron chi connectivity index (χ0n) is 10.9. The highest BCUT2D eigenvalue weighted by atomic mass is 35.5. The maximum atomic E-state index is 5.81. The van der Waals surface area contributed by atoms with Crippen LogP contribution in [0, 0.1) is 6.92 Å². The van der Waals surface area contributed by atoms with E-state index < -0.39 is 0 Å². The minimum atomic E-state index is 0.444. The molecule has 3 nitrogen and oxygen atoms in total. The Bertz CT molecular complexity index is 606. The van der Waals surface area contributed by atoms with E-state index in [1.54, 1.807) is 6.21 Å². The van der Waals surface area contributed by atoms with E-state index in [9.17, 15) is 0 Å². The highest BCUT2D eigenvalue weighted by Crippen LogP contribution is 2.09. The molecule has 0 saturated carbocycles. The molecule has 0 amide bonds. The van der Waals surface area contributed by atoms with Crippen LogP contribution in [0.5, 0.6) is 0 Å². The molecule has 102 valence electrons. The van der Waals surface area contributed by atoms with E-state index in [-0.39, 0.29) is 0 Å². The summed E-state index contributed by atoms with van der Waals surface area (Å²) in [6, 6.07) is 15.3. The molecule has 0 unspecified atom stereocenters. The van der Waals surface area contributed by atoms with Crippen LogP contribution < -0.4 is 10.7 Å². The Hall–Kier alpha value is -1.91. The second-order valence-electron chi connectivity index (χ2n) is 4.24. The molecule has 0 aliphatic carbocycles. The van der Waals surface area contributed by atoms with Crippen LogP contribution in [-0.4, -0.2) is 11.3 Å². The summed E-state index contributed by atoms with van der Waals surface area (Å²) in [5, 5.41) is 8.26. The van der Waals surface area contributed by atoms with Gasteiger partial charge in [0.2, 0.25) is 0 Å². The Morgan fingerprint density at radius 2 is 1.75 bits per heavy atom. The third-order valence-electron chi connectivity index (χ3n) is 2.56. The molecule has 0 saturated heterocycles. The summed E-state index contributed by atoms with van der Waals surface area (Å²) < 4.78 is 0. The zero-order valence-corrected chi connectivity index (χ0v) is 12.5. The van der Waals surface area contributed by atoms with Gasteiger partial charge in [0, 0.05) is 10.7 Å². The van der Waals surface area contributed by atoms with Gasteiger partial charge in [0.05, 0.1) is 6.21 Å². The summed E-state index contributed by atoms with van der Waals surface area (Å²) in [6.45, 7) is 2.04. The van der Waals surface area contributed by atoms with E-state index in [0.717, 1.165) is 11.3 Å². The van der Waals surface area contributed by atoms with Gasteiger partial charge >= 0.3 is 0 Å². The lowest BCUT2D eigenvalue weighted by atomic mass is 10.2. The molecule has 2 aromatic rings. The highest BCUT2D eigenvalue weighted by Gasteiger charge is 1.95. The van der Waals surface area contributed by atoms with Crippen LogP contribution >= 0.6 is 23.8 Å². The smallest absolute Gasteiger partial charge is 0.191 e. The second-order valence-corrected chi connectivity index (χ2v) is 5.09. The number of anilines is 1. The van der Waals surface area contributed by atoms with Crippen molar-refractivity contribution in [2.75, 3.05) is 5.32 Å². The first kappa shape index (κ1) is 14.5. The van der Waals surface area contributed by atoms with Gasteiger partial charge in [-0.15, -0.1) is 0 Å². The lowest BCUT2D eigenvalue weighted by Crippen LogP contribution is -2.23. The Kier molecular flexibility index (Phi) is 5.09. The largest absolute Gasteiger partial charge is 0.331 e. The molecule has 20 heavy (non-hydrogen) atoms. The van der Waals surface area contributed by atoms with Gasteiger partial charge in [-0.25, -0.2) is 0 Å². The number of rotatable bonds is 3. The first-order chi connectivity index (χ1) is 9.63. The monoisotopic (exact) mass is 303 g/mol. The molecular formula is C15H14ClN3S. The predicted molar refractivity (Wildman–Crippen MR) is 89.6 cm³/mol. The minimum absolute atomic E-state index is 0.444. The van der Waals surface area contributed by atoms with Crippen LogP contribution in [0.1, 0.15) is 11.1 Å². The molecule has 0 radical (unpaired) electrons. The van der Waals surface area contributed by atoms with Crippen LogP contribution in [0.2, 0.25) is 5.02 Å². The quantitative estimate of drug-likeness (QED) is 0.512. The Balaban J connectivity index is 1.85. The molecule has 0 aliphatic heterocycles. The van der Waals surface area contributed by atoms with E-state index in [2.05, 4.69) is 15.8 Å². The topological polar surface area (TPSA) is 36.4 Å². The van der Waals surface area contributed by atoms with Gasteiger partial charge in [-0.3, -0.25) is 5.43 Å². The van der Waals surface area contributed by atoms with Gasteiger partial charge < -0.3 is 5.32 Å². The summed E-state index contributed by atoms with van der Waals surface area (Å²) in [7, 11) is 0. The van der Waals surface area contributed by atoms with E-state index in [1.807, 2.05) is 55.5 Å². The number of hydrogen-bond donors (Lipinski definition) is 2.